The third kappa shape index (κ3) is 2.44. The van der Waals surface area contributed by atoms with Crippen LogP contribution in [0.25, 0.3) is 5.69 Å². The summed E-state index contributed by atoms with van der Waals surface area (Å²) in [6.07, 6.45) is 2.62. The highest BCUT2D eigenvalue weighted by molar-refractivity contribution is 5.95. The van der Waals surface area contributed by atoms with Gasteiger partial charge in [0.1, 0.15) is 0 Å². The van der Waals surface area contributed by atoms with Gasteiger partial charge >= 0.3 is 0 Å². The van der Waals surface area contributed by atoms with Crippen molar-refractivity contribution in [1.82, 2.24) is 20.4 Å². The first kappa shape index (κ1) is 12.9. The Balaban J connectivity index is 1.81. The molecule has 104 valence electrons. The Morgan fingerprint density at radius 2 is 2.20 bits per heavy atom. The number of hydrogen-bond donors (Lipinski definition) is 2. The minimum Gasteiger partial charge on any atom is -0.348 e. The van der Waals surface area contributed by atoms with Crippen LogP contribution in [0.4, 0.5) is 0 Å². The summed E-state index contributed by atoms with van der Waals surface area (Å²) in [6, 6.07) is 10.1. The molecule has 0 spiro atoms. The molecule has 2 heterocycles. The molecule has 0 radical (unpaired) electrons. The first-order valence-electron chi connectivity index (χ1n) is 6.87. The average Bonchev–Trinajstić information content (AvgIpc) is 3.09. The van der Waals surface area contributed by atoms with Crippen molar-refractivity contribution in [3.8, 4) is 5.69 Å². The SMILES string of the molecule is Cc1c(C(=O)NC2CCNC2)cnn1-c1ccccc1. The van der Waals surface area contributed by atoms with Gasteiger partial charge in [0.05, 0.1) is 23.1 Å². The fourth-order valence-electron chi connectivity index (χ4n) is 2.50. The largest absolute Gasteiger partial charge is 0.348 e. The van der Waals surface area contributed by atoms with Crippen LogP contribution in [0.5, 0.6) is 0 Å². The maximum absolute atomic E-state index is 12.3. The molecule has 0 bridgehead atoms. The quantitative estimate of drug-likeness (QED) is 0.883. The van der Waals surface area contributed by atoms with Crippen LogP contribution in [-0.2, 0) is 0 Å². The predicted octanol–water partition coefficient (Wildman–Crippen LogP) is 1.27. The molecule has 1 atom stereocenters. The fraction of sp³-hybridized carbons (Fsp3) is 0.333. The van der Waals surface area contributed by atoms with Crippen molar-refractivity contribution in [3.63, 3.8) is 0 Å². The third-order valence-electron chi connectivity index (χ3n) is 3.65. The van der Waals surface area contributed by atoms with E-state index >= 15 is 0 Å². The van der Waals surface area contributed by atoms with Gasteiger partial charge in [-0.3, -0.25) is 4.79 Å². The standard InChI is InChI=1S/C15H18N4O/c1-11-14(15(20)18-12-7-8-16-9-12)10-17-19(11)13-5-3-2-4-6-13/h2-6,10,12,16H,7-9H2,1H3,(H,18,20). The maximum atomic E-state index is 12.3. The molecule has 1 amide bonds. The van der Waals surface area contributed by atoms with Gasteiger partial charge in [-0.25, -0.2) is 4.68 Å². The highest BCUT2D eigenvalue weighted by atomic mass is 16.1. The molecule has 0 saturated carbocycles. The molecule has 1 fully saturated rings. The van der Waals surface area contributed by atoms with E-state index in [1.807, 2.05) is 37.3 Å². The van der Waals surface area contributed by atoms with E-state index in [0.717, 1.165) is 30.9 Å². The molecule has 1 aliphatic rings. The zero-order chi connectivity index (χ0) is 13.9. The van der Waals surface area contributed by atoms with Crippen LogP contribution < -0.4 is 10.6 Å². The number of amides is 1. The highest BCUT2D eigenvalue weighted by Gasteiger charge is 2.20. The van der Waals surface area contributed by atoms with Crippen LogP contribution in [0.15, 0.2) is 36.5 Å². The Kier molecular flexibility index (Phi) is 3.52. The molecule has 1 unspecified atom stereocenters. The number of nitrogens with one attached hydrogen (secondary N) is 2. The smallest absolute Gasteiger partial charge is 0.255 e. The van der Waals surface area contributed by atoms with Crippen molar-refractivity contribution in [2.24, 2.45) is 0 Å². The minimum atomic E-state index is -0.0432. The predicted molar refractivity (Wildman–Crippen MR) is 77.0 cm³/mol. The van der Waals surface area contributed by atoms with Gasteiger partial charge in [0.25, 0.3) is 5.91 Å². The van der Waals surface area contributed by atoms with Gasteiger partial charge in [0, 0.05) is 12.6 Å². The zero-order valence-electron chi connectivity index (χ0n) is 11.5. The number of carbonyl (C=O) groups excluding carboxylic acids is 1. The Bertz CT molecular complexity index is 600. The second kappa shape index (κ2) is 5.46. The number of rotatable bonds is 3. The Morgan fingerprint density at radius 1 is 1.40 bits per heavy atom. The van der Waals surface area contributed by atoms with Gasteiger partial charge in [-0.05, 0) is 32.0 Å². The van der Waals surface area contributed by atoms with Crippen LogP contribution in [0, 0.1) is 6.92 Å². The van der Waals surface area contributed by atoms with Gasteiger partial charge in [-0.1, -0.05) is 18.2 Å². The first-order valence-corrected chi connectivity index (χ1v) is 6.87. The molecule has 1 saturated heterocycles. The summed E-state index contributed by atoms with van der Waals surface area (Å²) in [4.78, 5) is 12.3. The van der Waals surface area contributed by atoms with E-state index < -0.39 is 0 Å². The van der Waals surface area contributed by atoms with E-state index in [4.69, 9.17) is 0 Å². The molecule has 5 nitrogen and oxygen atoms in total. The van der Waals surface area contributed by atoms with E-state index in [1.165, 1.54) is 0 Å². The van der Waals surface area contributed by atoms with Crippen LogP contribution in [0.2, 0.25) is 0 Å². The van der Waals surface area contributed by atoms with Crippen LogP contribution in [-0.4, -0.2) is 34.8 Å². The van der Waals surface area contributed by atoms with Crippen molar-refractivity contribution in [3.05, 3.63) is 47.8 Å². The highest BCUT2D eigenvalue weighted by Crippen LogP contribution is 2.14. The topological polar surface area (TPSA) is 59.0 Å². The molecule has 0 aliphatic carbocycles. The average molecular weight is 270 g/mol. The number of para-hydroxylation sites is 1. The molecule has 2 N–H and O–H groups in total. The van der Waals surface area contributed by atoms with E-state index in [1.54, 1.807) is 10.9 Å². The summed E-state index contributed by atoms with van der Waals surface area (Å²) < 4.78 is 1.79. The van der Waals surface area contributed by atoms with Gasteiger partial charge in [0.2, 0.25) is 0 Å². The normalized spacial score (nSPS) is 18.1. The second-order valence-corrected chi connectivity index (χ2v) is 5.05. The van der Waals surface area contributed by atoms with Crippen LogP contribution in [0.1, 0.15) is 22.5 Å². The summed E-state index contributed by atoms with van der Waals surface area (Å²) in [7, 11) is 0. The molecule has 1 aromatic heterocycles. The molecule has 2 aromatic rings. The maximum Gasteiger partial charge on any atom is 0.255 e. The van der Waals surface area contributed by atoms with Gasteiger partial charge in [-0.2, -0.15) is 5.10 Å². The monoisotopic (exact) mass is 270 g/mol. The van der Waals surface area contributed by atoms with E-state index in [2.05, 4.69) is 15.7 Å². The van der Waals surface area contributed by atoms with Gasteiger partial charge < -0.3 is 10.6 Å². The second-order valence-electron chi connectivity index (χ2n) is 5.05. The van der Waals surface area contributed by atoms with E-state index in [-0.39, 0.29) is 11.9 Å². The minimum absolute atomic E-state index is 0.0432. The van der Waals surface area contributed by atoms with Gasteiger partial charge in [-0.15, -0.1) is 0 Å². The number of hydrogen-bond acceptors (Lipinski definition) is 3. The van der Waals surface area contributed by atoms with Crippen molar-refractivity contribution < 1.29 is 4.79 Å². The summed E-state index contributed by atoms with van der Waals surface area (Å²) in [5.41, 5.74) is 2.46. The molecule has 1 aromatic carbocycles. The zero-order valence-corrected chi connectivity index (χ0v) is 11.5. The molecule has 1 aliphatic heterocycles. The summed E-state index contributed by atoms with van der Waals surface area (Å²) in [6.45, 7) is 3.73. The number of nitrogens with zero attached hydrogens (tertiary/aromatic N) is 2. The van der Waals surface area contributed by atoms with Gasteiger partial charge in [0.15, 0.2) is 0 Å². The molecule has 20 heavy (non-hydrogen) atoms. The number of aromatic nitrogens is 2. The first-order chi connectivity index (χ1) is 9.75. The molecular weight excluding hydrogens is 252 g/mol. The molecular formula is C15H18N4O. The van der Waals surface area contributed by atoms with Crippen LogP contribution >= 0.6 is 0 Å². The van der Waals surface area contributed by atoms with E-state index in [0.29, 0.717) is 5.56 Å². The Hall–Kier alpha value is -2.14. The molecule has 5 heteroatoms. The lowest BCUT2D eigenvalue weighted by Gasteiger charge is -2.11. The lowest BCUT2D eigenvalue weighted by Crippen LogP contribution is -2.36. The lowest BCUT2D eigenvalue weighted by atomic mass is 10.2. The van der Waals surface area contributed by atoms with Crippen molar-refractivity contribution in [2.75, 3.05) is 13.1 Å². The summed E-state index contributed by atoms with van der Waals surface area (Å²) >= 11 is 0. The fourth-order valence-corrected chi connectivity index (χ4v) is 2.50. The summed E-state index contributed by atoms with van der Waals surface area (Å²) in [5.74, 6) is -0.0432. The number of benzene rings is 1. The number of carbonyl (C=O) groups is 1. The van der Waals surface area contributed by atoms with E-state index in [9.17, 15) is 4.79 Å². The third-order valence-corrected chi connectivity index (χ3v) is 3.65. The van der Waals surface area contributed by atoms with Crippen molar-refractivity contribution in [1.29, 1.82) is 0 Å². The van der Waals surface area contributed by atoms with Crippen LogP contribution in [0.3, 0.4) is 0 Å². The Morgan fingerprint density at radius 3 is 2.90 bits per heavy atom. The van der Waals surface area contributed by atoms with Crippen molar-refractivity contribution in [2.45, 2.75) is 19.4 Å². The molecule has 3 rings (SSSR count). The Labute approximate surface area is 118 Å². The van der Waals surface area contributed by atoms with Crippen molar-refractivity contribution >= 4 is 5.91 Å². The lowest BCUT2D eigenvalue weighted by molar-refractivity contribution is 0.0939. The summed E-state index contributed by atoms with van der Waals surface area (Å²) in [5, 5.41) is 10.6.